The van der Waals surface area contributed by atoms with E-state index in [0.717, 1.165) is 24.0 Å². The Hall–Kier alpha value is -4.17. The van der Waals surface area contributed by atoms with E-state index in [1.807, 2.05) is 30.3 Å². The molecule has 2 heterocycles. The molecule has 0 saturated heterocycles. The van der Waals surface area contributed by atoms with E-state index >= 15 is 0 Å². The van der Waals surface area contributed by atoms with E-state index in [0.29, 0.717) is 17.4 Å². The van der Waals surface area contributed by atoms with E-state index in [4.69, 9.17) is 24.7 Å². The second-order valence-corrected chi connectivity index (χ2v) is 9.17. The lowest BCUT2D eigenvalue weighted by atomic mass is 10.1. The summed E-state index contributed by atoms with van der Waals surface area (Å²) in [4.78, 5) is 10.0. The summed E-state index contributed by atoms with van der Waals surface area (Å²) < 4.78 is 12.8. The Morgan fingerprint density at radius 2 is 1.29 bits per heavy atom. The molecule has 164 valence electrons. The molecule has 2 aliphatic heterocycles. The topological polar surface area (TPSA) is 67.0 Å². The molecule has 7 rings (SSSR count). The maximum absolute atomic E-state index is 9.16. The summed E-state index contributed by atoms with van der Waals surface area (Å²) in [7, 11) is 0. The molecule has 34 heavy (non-hydrogen) atoms. The van der Waals surface area contributed by atoms with Gasteiger partial charge >= 0.3 is 0 Å². The molecule has 0 amide bonds. The first-order chi connectivity index (χ1) is 16.8. The molecule has 0 N–H and O–H groups in total. The summed E-state index contributed by atoms with van der Waals surface area (Å²) in [6, 6.07) is 26.5. The van der Waals surface area contributed by atoms with Crippen LogP contribution in [0.5, 0.6) is 0 Å². The average molecular weight is 444 g/mol. The maximum Gasteiger partial charge on any atom is 0.222 e. The molecule has 0 aromatic heterocycles. The van der Waals surface area contributed by atoms with Crippen molar-refractivity contribution in [1.29, 1.82) is 5.26 Å². The van der Waals surface area contributed by atoms with Crippen molar-refractivity contribution in [3.8, 4) is 6.07 Å². The molecule has 5 heteroatoms. The van der Waals surface area contributed by atoms with Crippen LogP contribution in [0.15, 0.2) is 88.4 Å². The van der Waals surface area contributed by atoms with Gasteiger partial charge in [0.05, 0.1) is 17.2 Å². The lowest BCUT2D eigenvalue weighted by Crippen LogP contribution is -2.20. The van der Waals surface area contributed by atoms with Crippen molar-refractivity contribution < 1.29 is 9.47 Å². The van der Waals surface area contributed by atoms with Crippen molar-refractivity contribution in [2.24, 2.45) is 9.98 Å². The first kappa shape index (κ1) is 19.3. The summed E-state index contributed by atoms with van der Waals surface area (Å²) >= 11 is 0. The Balaban J connectivity index is 1.29. The van der Waals surface area contributed by atoms with E-state index in [1.165, 1.54) is 22.3 Å². The van der Waals surface area contributed by atoms with Gasteiger partial charge in [0, 0.05) is 12.8 Å². The van der Waals surface area contributed by atoms with Crippen molar-refractivity contribution in [2.45, 2.75) is 37.1 Å². The molecule has 0 spiro atoms. The molecule has 4 aliphatic rings. The molecule has 0 fully saturated rings. The maximum atomic E-state index is 9.16. The van der Waals surface area contributed by atoms with Gasteiger partial charge in [0.2, 0.25) is 11.8 Å². The van der Waals surface area contributed by atoms with Gasteiger partial charge in [-0.3, -0.25) is 0 Å². The number of fused-ring (bicyclic) bond motifs is 6. The molecule has 2 aliphatic carbocycles. The monoisotopic (exact) mass is 443 g/mol. The van der Waals surface area contributed by atoms with Crippen LogP contribution in [0, 0.1) is 11.3 Å². The van der Waals surface area contributed by atoms with Crippen LogP contribution in [0.1, 0.15) is 45.5 Å². The summed E-state index contributed by atoms with van der Waals surface area (Å²) in [5.74, 6) is 1.17. The number of hydrogen-bond donors (Lipinski definition) is 0. The number of nitrogens with zero attached hydrogens (tertiary/aromatic N) is 3. The Morgan fingerprint density at radius 3 is 1.82 bits per heavy atom. The fourth-order valence-corrected chi connectivity index (χ4v) is 5.49. The summed E-state index contributed by atoms with van der Waals surface area (Å²) in [6.07, 6.45) is 3.71. The highest BCUT2D eigenvalue weighted by atomic mass is 16.5. The molecule has 0 radical (unpaired) electrons. The predicted molar refractivity (Wildman–Crippen MR) is 130 cm³/mol. The summed E-state index contributed by atoms with van der Waals surface area (Å²) in [6.45, 7) is 0. The molecular formula is C29H21N3O2. The van der Waals surface area contributed by atoms with Gasteiger partial charge in [-0.05, 0) is 46.0 Å². The lowest BCUT2D eigenvalue weighted by Gasteiger charge is -2.13. The Morgan fingerprint density at radius 1 is 0.765 bits per heavy atom. The zero-order valence-electron chi connectivity index (χ0n) is 18.4. The van der Waals surface area contributed by atoms with Crippen molar-refractivity contribution in [2.75, 3.05) is 0 Å². The highest BCUT2D eigenvalue weighted by Gasteiger charge is 2.44. The molecule has 5 nitrogen and oxygen atoms in total. The quantitative estimate of drug-likeness (QED) is 0.564. The van der Waals surface area contributed by atoms with Gasteiger partial charge in [-0.25, -0.2) is 9.98 Å². The highest BCUT2D eigenvalue weighted by molar-refractivity contribution is 6.22. The van der Waals surface area contributed by atoms with Crippen molar-refractivity contribution in [3.05, 3.63) is 112 Å². The van der Waals surface area contributed by atoms with Crippen LogP contribution < -0.4 is 0 Å². The van der Waals surface area contributed by atoms with Crippen LogP contribution in [0.2, 0.25) is 0 Å². The van der Waals surface area contributed by atoms with Gasteiger partial charge in [0.1, 0.15) is 24.3 Å². The SMILES string of the molecule is N#Cc1ccc(C=C(C2=N[C@@H]3c4ccccc4C[C@@H]3O2)C2=N[C@@H]3c4ccccc4C[C@@H]3O2)cc1. The first-order valence-electron chi connectivity index (χ1n) is 11.6. The van der Waals surface area contributed by atoms with E-state index < -0.39 is 0 Å². The number of hydrogen-bond acceptors (Lipinski definition) is 5. The normalized spacial score (nSPS) is 25.0. The summed E-state index contributed by atoms with van der Waals surface area (Å²) in [5.41, 5.74) is 7.42. The minimum atomic E-state index is -0.00204. The van der Waals surface area contributed by atoms with Gasteiger partial charge in [-0.1, -0.05) is 60.7 Å². The van der Waals surface area contributed by atoms with Gasteiger partial charge in [0.25, 0.3) is 0 Å². The first-order valence-corrected chi connectivity index (χ1v) is 11.6. The molecule has 0 bridgehead atoms. The van der Waals surface area contributed by atoms with Crippen molar-refractivity contribution in [3.63, 3.8) is 0 Å². The minimum absolute atomic E-state index is 0.000932. The van der Waals surface area contributed by atoms with Crippen LogP contribution in [0.4, 0.5) is 0 Å². The Kier molecular flexibility index (Phi) is 4.22. The van der Waals surface area contributed by atoms with Crippen LogP contribution in [0.25, 0.3) is 6.08 Å². The fraction of sp³-hybridized carbons (Fsp3) is 0.207. The van der Waals surface area contributed by atoms with Gasteiger partial charge in [-0.2, -0.15) is 5.26 Å². The number of ether oxygens (including phenoxy) is 2. The third-order valence-electron chi connectivity index (χ3n) is 7.14. The second-order valence-electron chi connectivity index (χ2n) is 9.17. The predicted octanol–water partition coefficient (Wildman–Crippen LogP) is 5.13. The molecule has 0 unspecified atom stereocenters. The van der Waals surface area contributed by atoms with Crippen molar-refractivity contribution in [1.82, 2.24) is 0 Å². The van der Waals surface area contributed by atoms with Gasteiger partial charge in [0.15, 0.2) is 0 Å². The zero-order valence-corrected chi connectivity index (χ0v) is 18.4. The smallest absolute Gasteiger partial charge is 0.222 e. The van der Waals surface area contributed by atoms with Crippen molar-refractivity contribution >= 4 is 17.9 Å². The summed E-state index contributed by atoms with van der Waals surface area (Å²) in [5, 5.41) is 9.16. The Bertz CT molecular complexity index is 1370. The lowest BCUT2D eigenvalue weighted by molar-refractivity contribution is 0.199. The number of rotatable bonds is 3. The zero-order chi connectivity index (χ0) is 22.6. The van der Waals surface area contributed by atoms with E-state index in [1.54, 1.807) is 0 Å². The van der Waals surface area contributed by atoms with E-state index in [-0.39, 0.29) is 24.3 Å². The van der Waals surface area contributed by atoms with Crippen LogP contribution >= 0.6 is 0 Å². The van der Waals surface area contributed by atoms with Gasteiger partial charge < -0.3 is 9.47 Å². The van der Waals surface area contributed by atoms with Crippen LogP contribution in [-0.2, 0) is 22.3 Å². The van der Waals surface area contributed by atoms with Gasteiger partial charge in [-0.15, -0.1) is 0 Å². The Labute approximate surface area is 197 Å². The third-order valence-corrected chi connectivity index (χ3v) is 7.14. The molecule has 3 aromatic carbocycles. The fourth-order valence-electron chi connectivity index (χ4n) is 5.49. The molecule has 3 aromatic rings. The number of nitriles is 1. The average Bonchev–Trinajstić information content (AvgIpc) is 3.61. The van der Waals surface area contributed by atoms with Crippen LogP contribution in [-0.4, -0.2) is 24.0 Å². The second kappa shape index (κ2) is 7.43. The number of benzene rings is 3. The highest BCUT2D eigenvalue weighted by Crippen LogP contribution is 2.44. The van der Waals surface area contributed by atoms with Crippen LogP contribution in [0.3, 0.4) is 0 Å². The standard InChI is InChI=1S/C29H21N3O2/c30-16-18-11-9-17(10-12-18)13-23(28-31-26-21-7-3-1-5-19(21)14-24(26)33-28)29-32-27-22-8-4-2-6-20(22)15-25(27)34-29/h1-13,24-27H,14-15H2/t24-,25-,26+,27+/m0/s1. The largest absolute Gasteiger partial charge is 0.471 e. The molecule has 4 atom stereocenters. The number of aliphatic imine (C=N–C) groups is 2. The van der Waals surface area contributed by atoms with E-state index in [2.05, 4.69) is 54.6 Å². The van der Waals surface area contributed by atoms with E-state index in [9.17, 15) is 0 Å². The molecule has 0 saturated carbocycles. The minimum Gasteiger partial charge on any atom is -0.471 e. The molecular weight excluding hydrogens is 422 g/mol. The third kappa shape index (κ3) is 2.99.